The van der Waals surface area contributed by atoms with Gasteiger partial charge in [-0.2, -0.15) is 0 Å². The number of hydrogen-bond donors (Lipinski definition) is 2. The molecule has 1 aromatic rings. The highest BCUT2D eigenvalue weighted by Crippen LogP contribution is 2.26. The number of carbonyl (C=O) groups excluding carboxylic acids is 1. The van der Waals surface area contributed by atoms with Crippen LogP contribution < -0.4 is 11.5 Å². The van der Waals surface area contributed by atoms with Crippen LogP contribution in [0, 0.1) is 6.92 Å². The summed E-state index contributed by atoms with van der Waals surface area (Å²) in [6, 6.07) is 0. The lowest BCUT2D eigenvalue weighted by Crippen LogP contribution is -2.50. The number of carbonyl (C=O) groups is 1. The van der Waals surface area contributed by atoms with E-state index in [1.54, 1.807) is 13.8 Å². The van der Waals surface area contributed by atoms with Crippen LogP contribution in [0.1, 0.15) is 26.2 Å². The van der Waals surface area contributed by atoms with E-state index >= 15 is 0 Å². The van der Waals surface area contributed by atoms with Crippen molar-refractivity contribution in [2.45, 2.75) is 43.2 Å². The number of aromatic nitrogens is 2. The Kier molecular flexibility index (Phi) is 3.93. The maximum atomic E-state index is 11.0. The topological polar surface area (TPSA) is 108 Å². The van der Waals surface area contributed by atoms with Crippen LogP contribution in [0.25, 0.3) is 0 Å². The lowest BCUT2D eigenvalue weighted by atomic mass is 9.97. The summed E-state index contributed by atoms with van der Waals surface area (Å²) in [7, 11) is 0. The molecule has 90 valence electrons. The summed E-state index contributed by atoms with van der Waals surface area (Å²) < 4.78 is 5.21. The molecule has 2 atom stereocenters. The van der Waals surface area contributed by atoms with Gasteiger partial charge in [-0.15, -0.1) is 10.2 Å². The molecule has 1 rings (SSSR count). The number of aryl methyl sites for hydroxylation is 1. The number of rotatable bonds is 5. The van der Waals surface area contributed by atoms with Crippen LogP contribution in [0.2, 0.25) is 0 Å². The van der Waals surface area contributed by atoms with Crippen LogP contribution >= 0.6 is 11.8 Å². The first kappa shape index (κ1) is 13.0. The maximum Gasteiger partial charge on any atom is 0.276 e. The average Bonchev–Trinajstić information content (AvgIpc) is 2.49. The first-order chi connectivity index (χ1) is 7.31. The van der Waals surface area contributed by atoms with Crippen molar-refractivity contribution < 1.29 is 9.21 Å². The highest BCUT2D eigenvalue weighted by molar-refractivity contribution is 7.99. The number of thioether (sulfide) groups is 1. The summed E-state index contributed by atoms with van der Waals surface area (Å²) in [5.74, 6) is 0.00164. The zero-order valence-corrected chi connectivity index (χ0v) is 10.4. The normalized spacial score (nSPS) is 16.8. The molecule has 1 heterocycles. The van der Waals surface area contributed by atoms with E-state index in [4.69, 9.17) is 15.9 Å². The van der Waals surface area contributed by atoms with Gasteiger partial charge in [0.05, 0.1) is 5.54 Å². The van der Waals surface area contributed by atoms with Crippen molar-refractivity contribution in [2.24, 2.45) is 11.5 Å². The van der Waals surface area contributed by atoms with Gasteiger partial charge in [-0.25, -0.2) is 0 Å². The smallest absolute Gasteiger partial charge is 0.276 e. The molecule has 6 nitrogen and oxygen atoms in total. The van der Waals surface area contributed by atoms with Crippen LogP contribution in [0.15, 0.2) is 9.64 Å². The highest BCUT2D eigenvalue weighted by Gasteiger charge is 2.28. The van der Waals surface area contributed by atoms with Crippen LogP contribution in [-0.2, 0) is 4.79 Å². The van der Waals surface area contributed by atoms with Crippen molar-refractivity contribution in [3.8, 4) is 0 Å². The van der Waals surface area contributed by atoms with E-state index in [2.05, 4.69) is 10.2 Å². The van der Waals surface area contributed by atoms with E-state index in [-0.39, 0.29) is 5.25 Å². The third-order valence-electron chi connectivity index (χ3n) is 2.08. The predicted octanol–water partition coefficient (Wildman–Crippen LogP) is 0.451. The van der Waals surface area contributed by atoms with Gasteiger partial charge in [0.25, 0.3) is 5.22 Å². The minimum Gasteiger partial charge on any atom is -0.416 e. The highest BCUT2D eigenvalue weighted by atomic mass is 32.2. The van der Waals surface area contributed by atoms with Gasteiger partial charge in [0, 0.05) is 12.2 Å². The standard InChI is InChI=1S/C9H16N4O2S/c1-5(4-9(3,11)7(10)14)16-8-13-12-6(2)15-8/h5H,4,11H2,1-3H3,(H2,10,14). The van der Waals surface area contributed by atoms with Crippen LogP contribution in [-0.4, -0.2) is 26.9 Å². The molecule has 16 heavy (non-hydrogen) atoms. The first-order valence-electron chi connectivity index (χ1n) is 4.87. The predicted molar refractivity (Wildman–Crippen MR) is 60.8 cm³/mol. The van der Waals surface area contributed by atoms with Gasteiger partial charge < -0.3 is 15.9 Å². The summed E-state index contributed by atoms with van der Waals surface area (Å²) >= 11 is 1.38. The van der Waals surface area contributed by atoms with Crippen molar-refractivity contribution in [3.63, 3.8) is 0 Å². The number of nitrogens with zero attached hydrogens (tertiary/aromatic N) is 2. The third kappa shape index (κ3) is 3.49. The number of amides is 1. The molecular formula is C9H16N4O2S. The van der Waals surface area contributed by atoms with Crippen LogP contribution in [0.3, 0.4) is 0 Å². The molecule has 0 saturated heterocycles. The van der Waals surface area contributed by atoms with Crippen LogP contribution in [0.5, 0.6) is 0 Å². The molecular weight excluding hydrogens is 228 g/mol. The van der Waals surface area contributed by atoms with E-state index in [1.807, 2.05) is 6.92 Å². The Morgan fingerprint density at radius 1 is 1.62 bits per heavy atom. The van der Waals surface area contributed by atoms with E-state index in [1.165, 1.54) is 11.8 Å². The van der Waals surface area contributed by atoms with Gasteiger partial charge in [0.2, 0.25) is 11.8 Å². The minimum absolute atomic E-state index is 0.0716. The van der Waals surface area contributed by atoms with E-state index < -0.39 is 11.4 Å². The second kappa shape index (κ2) is 4.84. The average molecular weight is 244 g/mol. The molecule has 0 aliphatic carbocycles. The van der Waals surface area contributed by atoms with E-state index in [0.717, 1.165) is 0 Å². The Bertz CT molecular complexity index is 377. The Hall–Kier alpha value is -1.08. The molecule has 0 spiro atoms. The number of nitrogens with two attached hydrogens (primary N) is 2. The molecule has 4 N–H and O–H groups in total. The minimum atomic E-state index is -1.01. The molecule has 0 saturated carbocycles. The second-order valence-corrected chi connectivity index (χ2v) is 5.39. The van der Waals surface area contributed by atoms with Crippen molar-refractivity contribution in [1.29, 1.82) is 0 Å². The van der Waals surface area contributed by atoms with Crippen molar-refractivity contribution in [3.05, 3.63) is 5.89 Å². The monoisotopic (exact) mass is 244 g/mol. The molecule has 0 bridgehead atoms. The fourth-order valence-electron chi connectivity index (χ4n) is 1.24. The molecule has 7 heteroatoms. The summed E-state index contributed by atoms with van der Waals surface area (Å²) in [5.41, 5.74) is 9.94. The maximum absolute atomic E-state index is 11.0. The third-order valence-corrected chi connectivity index (χ3v) is 3.02. The Morgan fingerprint density at radius 2 is 2.25 bits per heavy atom. The molecule has 1 aromatic heterocycles. The second-order valence-electron chi connectivity index (χ2n) is 4.00. The molecule has 0 aliphatic heterocycles. The molecule has 1 amide bonds. The molecule has 2 unspecified atom stereocenters. The van der Waals surface area contributed by atoms with Crippen LogP contribution in [0.4, 0.5) is 0 Å². The first-order valence-corrected chi connectivity index (χ1v) is 5.75. The SMILES string of the molecule is Cc1nnc(SC(C)CC(C)(N)C(N)=O)o1. The number of primary amides is 1. The largest absolute Gasteiger partial charge is 0.416 e. The molecule has 0 aromatic carbocycles. The quantitative estimate of drug-likeness (QED) is 0.728. The fraction of sp³-hybridized carbons (Fsp3) is 0.667. The lowest BCUT2D eigenvalue weighted by Gasteiger charge is -2.23. The fourth-order valence-corrected chi connectivity index (χ4v) is 2.27. The van der Waals surface area contributed by atoms with Crippen molar-refractivity contribution in [2.75, 3.05) is 0 Å². The summed E-state index contributed by atoms with van der Waals surface area (Å²) in [4.78, 5) is 11.0. The van der Waals surface area contributed by atoms with Gasteiger partial charge in [0.1, 0.15) is 0 Å². The summed E-state index contributed by atoms with van der Waals surface area (Å²) in [6.45, 7) is 5.27. The molecule has 0 radical (unpaired) electrons. The van der Waals surface area contributed by atoms with Gasteiger partial charge in [-0.1, -0.05) is 18.7 Å². The Balaban J connectivity index is 2.54. The number of hydrogen-bond acceptors (Lipinski definition) is 6. The molecule has 0 fully saturated rings. The Labute approximate surface area is 98.2 Å². The zero-order valence-electron chi connectivity index (χ0n) is 9.56. The van der Waals surface area contributed by atoms with Crippen molar-refractivity contribution in [1.82, 2.24) is 10.2 Å². The zero-order chi connectivity index (χ0) is 12.3. The summed E-state index contributed by atoms with van der Waals surface area (Å²) in [6.07, 6.45) is 0.453. The Morgan fingerprint density at radius 3 is 2.69 bits per heavy atom. The summed E-state index contributed by atoms with van der Waals surface area (Å²) in [5, 5.41) is 8.11. The van der Waals surface area contributed by atoms with E-state index in [9.17, 15) is 4.79 Å². The van der Waals surface area contributed by atoms with Gasteiger partial charge in [-0.05, 0) is 13.3 Å². The van der Waals surface area contributed by atoms with E-state index in [0.29, 0.717) is 17.5 Å². The van der Waals surface area contributed by atoms with Gasteiger partial charge >= 0.3 is 0 Å². The van der Waals surface area contributed by atoms with Crippen molar-refractivity contribution >= 4 is 17.7 Å². The molecule has 0 aliphatic rings. The lowest BCUT2D eigenvalue weighted by molar-refractivity contribution is -0.122. The van der Waals surface area contributed by atoms with Gasteiger partial charge in [-0.3, -0.25) is 4.79 Å². The van der Waals surface area contributed by atoms with Gasteiger partial charge in [0.15, 0.2) is 0 Å².